The molecule has 0 aromatic heterocycles. The van der Waals surface area contributed by atoms with Gasteiger partial charge >= 0.3 is 0 Å². The summed E-state index contributed by atoms with van der Waals surface area (Å²) in [6.45, 7) is 0. The maximum atomic E-state index is 8.84. The number of hydrogen-bond acceptors (Lipinski definition) is 5. The van der Waals surface area contributed by atoms with Crippen molar-refractivity contribution in [2.75, 3.05) is 19.5 Å². The monoisotopic (exact) mass is 321 g/mol. The molecule has 0 heterocycles. The number of rotatable bonds is 5. The Hall–Kier alpha value is -2.18. The Morgan fingerprint density at radius 3 is 2.63 bits per heavy atom. The van der Waals surface area contributed by atoms with Crippen LogP contribution >= 0.6 is 15.9 Å². The fourth-order valence-electron chi connectivity index (χ4n) is 1.34. The van der Waals surface area contributed by atoms with Crippen LogP contribution in [-0.4, -0.2) is 14.2 Å². The molecule has 0 spiro atoms. The summed E-state index contributed by atoms with van der Waals surface area (Å²) in [6.07, 6.45) is 1.54. The van der Waals surface area contributed by atoms with Gasteiger partial charge in [-0.25, -0.2) is 0 Å². The van der Waals surface area contributed by atoms with Crippen LogP contribution in [0.15, 0.2) is 28.4 Å². The number of hydrogen-bond donors (Lipinski definition) is 1. The first kappa shape index (κ1) is 14.9. The molecule has 0 unspecified atom stereocenters. The number of halogens is 1. The molecule has 0 amide bonds. The Kier molecular flexibility index (Phi) is 5.72. The van der Waals surface area contributed by atoms with Crippen molar-refractivity contribution in [3.05, 3.63) is 28.4 Å². The maximum Gasteiger partial charge on any atom is 0.147 e. The largest absolute Gasteiger partial charge is 0.497 e. The predicted molar refractivity (Wildman–Crippen MR) is 74.8 cm³/mol. The molecule has 0 fully saturated rings. The zero-order valence-corrected chi connectivity index (χ0v) is 12.1. The number of methoxy groups -OCH3 is 2. The van der Waals surface area contributed by atoms with Crippen molar-refractivity contribution in [3.8, 4) is 23.6 Å². The van der Waals surface area contributed by atoms with E-state index in [1.165, 1.54) is 13.3 Å². The molecule has 19 heavy (non-hydrogen) atoms. The van der Waals surface area contributed by atoms with Gasteiger partial charge in [-0.1, -0.05) is 0 Å². The zero-order valence-electron chi connectivity index (χ0n) is 10.5. The summed E-state index contributed by atoms with van der Waals surface area (Å²) >= 11 is 3.39. The molecule has 0 bridgehead atoms. The molecular formula is C13H12BrN3O2. The zero-order chi connectivity index (χ0) is 14.3. The Morgan fingerprint density at radius 1 is 1.37 bits per heavy atom. The van der Waals surface area contributed by atoms with Gasteiger partial charge in [0.15, 0.2) is 0 Å². The number of ether oxygens (including phenoxy) is 2. The van der Waals surface area contributed by atoms with Crippen molar-refractivity contribution in [1.29, 1.82) is 10.5 Å². The van der Waals surface area contributed by atoms with Crippen molar-refractivity contribution in [1.82, 2.24) is 0 Å². The van der Waals surface area contributed by atoms with Crippen molar-refractivity contribution in [2.24, 2.45) is 0 Å². The topological polar surface area (TPSA) is 78.1 Å². The second-order valence-electron chi connectivity index (χ2n) is 3.45. The summed E-state index contributed by atoms with van der Waals surface area (Å²) in [6, 6.07) is 7.36. The van der Waals surface area contributed by atoms with Crippen LogP contribution in [0.3, 0.4) is 0 Å². The SMILES string of the molecule is COc1cc(Br)c(N/C=C(/C#N)CC#N)c(OC)c1. The second kappa shape index (κ2) is 7.30. The molecule has 0 atom stereocenters. The van der Waals surface area contributed by atoms with E-state index in [1.807, 2.05) is 12.1 Å². The summed E-state index contributed by atoms with van der Waals surface area (Å²) in [5.41, 5.74) is 1.00. The quantitative estimate of drug-likeness (QED) is 0.842. The minimum absolute atomic E-state index is 0.0551. The first-order chi connectivity index (χ1) is 9.15. The van der Waals surface area contributed by atoms with E-state index in [9.17, 15) is 0 Å². The summed E-state index contributed by atoms with van der Waals surface area (Å²) in [5.74, 6) is 1.22. The lowest BCUT2D eigenvalue weighted by Gasteiger charge is -2.12. The van der Waals surface area contributed by atoms with E-state index in [2.05, 4.69) is 21.2 Å². The van der Waals surface area contributed by atoms with Crippen LogP contribution in [0.5, 0.6) is 11.5 Å². The Bertz CT molecular complexity index is 570. The van der Waals surface area contributed by atoms with E-state index in [4.69, 9.17) is 20.0 Å². The summed E-state index contributed by atoms with van der Waals surface area (Å²) in [7, 11) is 3.10. The van der Waals surface area contributed by atoms with Gasteiger partial charge in [-0.3, -0.25) is 0 Å². The summed E-state index contributed by atoms with van der Waals surface area (Å²) in [4.78, 5) is 0. The van der Waals surface area contributed by atoms with Gasteiger partial charge in [0, 0.05) is 16.7 Å². The lowest BCUT2D eigenvalue weighted by Crippen LogP contribution is -1.97. The van der Waals surface area contributed by atoms with E-state index >= 15 is 0 Å². The molecule has 98 valence electrons. The van der Waals surface area contributed by atoms with Gasteiger partial charge in [0.25, 0.3) is 0 Å². The lowest BCUT2D eigenvalue weighted by atomic mass is 10.2. The highest BCUT2D eigenvalue weighted by atomic mass is 79.9. The fraction of sp³-hybridized carbons (Fsp3) is 0.231. The summed E-state index contributed by atoms with van der Waals surface area (Å²) in [5, 5.41) is 20.4. The van der Waals surface area contributed by atoms with E-state index in [-0.39, 0.29) is 6.42 Å². The number of nitrogens with one attached hydrogen (secondary N) is 1. The molecule has 6 heteroatoms. The van der Waals surface area contributed by atoms with Gasteiger partial charge in [0.05, 0.1) is 44.0 Å². The van der Waals surface area contributed by atoms with E-state index in [1.54, 1.807) is 19.2 Å². The lowest BCUT2D eigenvalue weighted by molar-refractivity contribution is 0.395. The first-order valence-electron chi connectivity index (χ1n) is 5.30. The third-order valence-corrected chi connectivity index (χ3v) is 2.91. The number of benzene rings is 1. The minimum Gasteiger partial charge on any atom is -0.497 e. The van der Waals surface area contributed by atoms with Crippen LogP contribution in [0.25, 0.3) is 0 Å². The molecule has 0 aliphatic carbocycles. The minimum atomic E-state index is 0.0551. The fourth-order valence-corrected chi connectivity index (χ4v) is 1.88. The number of nitrogens with zero attached hydrogens (tertiary/aromatic N) is 2. The second-order valence-corrected chi connectivity index (χ2v) is 4.30. The Morgan fingerprint density at radius 2 is 2.11 bits per heavy atom. The third kappa shape index (κ3) is 3.90. The van der Waals surface area contributed by atoms with Crippen molar-refractivity contribution in [2.45, 2.75) is 6.42 Å². The van der Waals surface area contributed by atoms with Crippen molar-refractivity contribution < 1.29 is 9.47 Å². The van der Waals surface area contributed by atoms with Gasteiger partial charge in [-0.2, -0.15) is 10.5 Å². The molecule has 1 rings (SSSR count). The number of nitriles is 2. The molecule has 0 aliphatic heterocycles. The average molecular weight is 322 g/mol. The molecule has 0 saturated heterocycles. The first-order valence-corrected chi connectivity index (χ1v) is 6.09. The van der Waals surface area contributed by atoms with Crippen LogP contribution < -0.4 is 14.8 Å². The van der Waals surface area contributed by atoms with Crippen molar-refractivity contribution in [3.63, 3.8) is 0 Å². The van der Waals surface area contributed by atoms with E-state index in [0.29, 0.717) is 22.8 Å². The molecule has 0 saturated carbocycles. The van der Waals surface area contributed by atoms with Crippen LogP contribution in [0.1, 0.15) is 6.42 Å². The third-order valence-electron chi connectivity index (χ3n) is 2.29. The molecule has 0 radical (unpaired) electrons. The highest BCUT2D eigenvalue weighted by Crippen LogP contribution is 2.37. The molecule has 1 aromatic rings. The van der Waals surface area contributed by atoms with E-state index < -0.39 is 0 Å². The normalized spacial score (nSPS) is 10.3. The van der Waals surface area contributed by atoms with Gasteiger partial charge in [0.1, 0.15) is 11.5 Å². The standard InChI is InChI=1S/C13H12BrN3O2/c1-18-10-5-11(14)13(12(6-10)19-2)17-8-9(7-16)3-4-15/h5-6,8,17H,3H2,1-2H3/b9-8+. The highest BCUT2D eigenvalue weighted by Gasteiger charge is 2.09. The van der Waals surface area contributed by atoms with Crippen LogP contribution in [-0.2, 0) is 0 Å². The van der Waals surface area contributed by atoms with Gasteiger partial charge in [-0.05, 0) is 22.0 Å². The maximum absolute atomic E-state index is 8.84. The van der Waals surface area contributed by atoms with Gasteiger partial charge < -0.3 is 14.8 Å². The van der Waals surface area contributed by atoms with Crippen LogP contribution in [0.4, 0.5) is 5.69 Å². The Labute approximate surface area is 120 Å². The molecular weight excluding hydrogens is 310 g/mol. The van der Waals surface area contributed by atoms with Gasteiger partial charge in [0.2, 0.25) is 0 Å². The van der Waals surface area contributed by atoms with Crippen molar-refractivity contribution >= 4 is 21.6 Å². The van der Waals surface area contributed by atoms with E-state index in [0.717, 1.165) is 4.47 Å². The smallest absolute Gasteiger partial charge is 0.147 e. The number of anilines is 1. The van der Waals surface area contributed by atoms with Crippen LogP contribution in [0, 0.1) is 22.7 Å². The Balaban J connectivity index is 3.08. The average Bonchev–Trinajstić information content (AvgIpc) is 2.43. The molecule has 1 N–H and O–H groups in total. The molecule has 1 aromatic carbocycles. The van der Waals surface area contributed by atoms with Gasteiger partial charge in [-0.15, -0.1) is 0 Å². The summed E-state index contributed by atoms with van der Waals surface area (Å²) < 4.78 is 11.1. The highest BCUT2D eigenvalue weighted by molar-refractivity contribution is 9.10. The van der Waals surface area contributed by atoms with Crippen LogP contribution in [0.2, 0.25) is 0 Å². The molecule has 5 nitrogen and oxygen atoms in total. The number of allylic oxidation sites excluding steroid dienone is 1. The predicted octanol–water partition coefficient (Wildman–Crippen LogP) is 3.20. The molecule has 0 aliphatic rings.